The third-order valence-corrected chi connectivity index (χ3v) is 3.53. The zero-order valence-corrected chi connectivity index (χ0v) is 12.6. The average molecular weight is 281 g/mol. The lowest BCUT2D eigenvalue weighted by atomic mass is 10.1. The molecule has 2 aromatic carbocycles. The Balaban J connectivity index is 1.80. The fourth-order valence-corrected chi connectivity index (χ4v) is 2.28. The minimum atomic E-state index is 0.261. The topological polar surface area (TPSA) is 42.2 Å². The predicted molar refractivity (Wildman–Crippen MR) is 84.4 cm³/mol. The highest BCUT2D eigenvalue weighted by atomic mass is 16.5. The Morgan fingerprint density at radius 3 is 2.57 bits per heavy atom. The van der Waals surface area contributed by atoms with E-state index < -0.39 is 0 Å². The zero-order valence-electron chi connectivity index (χ0n) is 12.6. The molecule has 0 atom stereocenters. The Hall–Kier alpha value is -2.36. The summed E-state index contributed by atoms with van der Waals surface area (Å²) < 4.78 is 5.25. The van der Waals surface area contributed by atoms with Crippen LogP contribution in [0.3, 0.4) is 0 Å². The first-order valence-electron chi connectivity index (χ1n) is 7.16. The van der Waals surface area contributed by atoms with Gasteiger partial charge in [0.1, 0.15) is 0 Å². The second kappa shape index (κ2) is 5.56. The maximum Gasteiger partial charge on any atom is 0.229 e. The van der Waals surface area contributed by atoms with Crippen molar-refractivity contribution in [2.24, 2.45) is 0 Å². The molecule has 0 aliphatic heterocycles. The van der Waals surface area contributed by atoms with Gasteiger partial charge >= 0.3 is 0 Å². The Labute approximate surface area is 124 Å². The number of nitrogens with zero attached hydrogens (tertiary/aromatic N) is 3. The van der Waals surface area contributed by atoms with Crippen LogP contribution in [0, 0.1) is 0 Å². The number of hydrogen-bond acceptors (Lipinski definition) is 4. The van der Waals surface area contributed by atoms with E-state index in [-0.39, 0.29) is 5.92 Å². The molecule has 0 unspecified atom stereocenters. The number of hydrogen-bond donors (Lipinski definition) is 0. The smallest absolute Gasteiger partial charge is 0.229 e. The predicted octanol–water partition coefficient (Wildman–Crippen LogP) is 3.98. The second-order valence-corrected chi connectivity index (χ2v) is 5.59. The number of rotatable bonds is 4. The summed E-state index contributed by atoms with van der Waals surface area (Å²) >= 11 is 0. The fraction of sp³-hybridized carbons (Fsp3) is 0.294. The van der Waals surface area contributed by atoms with Gasteiger partial charge in [-0.05, 0) is 22.9 Å². The lowest BCUT2D eigenvalue weighted by Gasteiger charge is -2.17. The van der Waals surface area contributed by atoms with Crippen LogP contribution in [0.1, 0.15) is 31.5 Å². The molecule has 1 heterocycles. The standard InChI is InChI=1S/C17H19N3O/c1-12(2)17-18-16(19-21-17)11-20(3)15-9-8-13-6-4-5-7-14(13)10-15/h4-10,12H,11H2,1-3H3. The van der Waals surface area contributed by atoms with Gasteiger partial charge in [0.15, 0.2) is 5.82 Å². The molecular weight excluding hydrogens is 262 g/mol. The third kappa shape index (κ3) is 2.89. The van der Waals surface area contributed by atoms with E-state index in [1.54, 1.807) is 0 Å². The molecule has 0 aliphatic carbocycles. The zero-order chi connectivity index (χ0) is 14.8. The van der Waals surface area contributed by atoms with Gasteiger partial charge in [-0.3, -0.25) is 0 Å². The Bertz CT molecular complexity index is 748. The molecule has 3 rings (SSSR count). The molecule has 0 saturated heterocycles. The summed E-state index contributed by atoms with van der Waals surface area (Å²) in [4.78, 5) is 6.54. The van der Waals surface area contributed by atoms with Crippen molar-refractivity contribution in [3.8, 4) is 0 Å². The number of anilines is 1. The molecule has 0 spiro atoms. The first-order chi connectivity index (χ1) is 10.1. The van der Waals surface area contributed by atoms with Gasteiger partial charge in [0.05, 0.1) is 6.54 Å². The van der Waals surface area contributed by atoms with Crippen molar-refractivity contribution in [3.63, 3.8) is 0 Å². The van der Waals surface area contributed by atoms with E-state index in [1.807, 2.05) is 20.9 Å². The molecule has 0 N–H and O–H groups in total. The molecule has 0 aliphatic rings. The van der Waals surface area contributed by atoms with Gasteiger partial charge in [-0.2, -0.15) is 4.98 Å². The van der Waals surface area contributed by atoms with Gasteiger partial charge in [0.2, 0.25) is 5.89 Å². The van der Waals surface area contributed by atoms with E-state index in [0.717, 1.165) is 5.69 Å². The molecule has 4 heteroatoms. The van der Waals surface area contributed by atoms with Crippen LogP contribution >= 0.6 is 0 Å². The van der Waals surface area contributed by atoms with Crippen LogP contribution < -0.4 is 4.90 Å². The maximum atomic E-state index is 5.25. The molecule has 0 bridgehead atoms. The number of aromatic nitrogens is 2. The molecule has 21 heavy (non-hydrogen) atoms. The molecule has 108 valence electrons. The Morgan fingerprint density at radius 2 is 1.86 bits per heavy atom. The van der Waals surface area contributed by atoms with Gasteiger partial charge in [0.25, 0.3) is 0 Å². The van der Waals surface area contributed by atoms with Crippen LogP contribution in [0.25, 0.3) is 10.8 Å². The summed E-state index contributed by atoms with van der Waals surface area (Å²) in [6, 6.07) is 14.8. The molecule has 1 aromatic heterocycles. The minimum Gasteiger partial charge on any atom is -0.367 e. The number of benzene rings is 2. The van der Waals surface area contributed by atoms with Crippen molar-refractivity contribution in [1.29, 1.82) is 0 Å². The quantitative estimate of drug-likeness (QED) is 0.725. The average Bonchev–Trinajstić information content (AvgIpc) is 2.95. The highest BCUT2D eigenvalue weighted by molar-refractivity contribution is 5.85. The van der Waals surface area contributed by atoms with Crippen LogP contribution in [-0.2, 0) is 6.54 Å². The van der Waals surface area contributed by atoms with Gasteiger partial charge in [-0.1, -0.05) is 49.3 Å². The summed E-state index contributed by atoms with van der Waals surface area (Å²) in [7, 11) is 2.04. The van der Waals surface area contributed by atoms with Gasteiger partial charge < -0.3 is 9.42 Å². The summed E-state index contributed by atoms with van der Waals surface area (Å²) in [6.45, 7) is 4.73. The Morgan fingerprint density at radius 1 is 1.10 bits per heavy atom. The van der Waals surface area contributed by atoms with E-state index in [0.29, 0.717) is 18.3 Å². The van der Waals surface area contributed by atoms with E-state index in [9.17, 15) is 0 Å². The summed E-state index contributed by atoms with van der Waals surface area (Å²) in [5, 5.41) is 6.52. The van der Waals surface area contributed by atoms with E-state index in [4.69, 9.17) is 4.52 Å². The molecule has 0 fully saturated rings. The van der Waals surface area contributed by atoms with E-state index in [2.05, 4.69) is 57.5 Å². The maximum absolute atomic E-state index is 5.25. The molecule has 3 aromatic rings. The van der Waals surface area contributed by atoms with Gasteiger partial charge in [0, 0.05) is 18.7 Å². The molecule has 0 radical (unpaired) electrons. The highest BCUT2D eigenvalue weighted by Crippen LogP contribution is 2.22. The largest absolute Gasteiger partial charge is 0.367 e. The summed E-state index contributed by atoms with van der Waals surface area (Å²) in [5.41, 5.74) is 1.14. The molecule has 0 amide bonds. The third-order valence-electron chi connectivity index (χ3n) is 3.53. The van der Waals surface area contributed by atoms with Crippen molar-refractivity contribution < 1.29 is 4.52 Å². The van der Waals surface area contributed by atoms with Crippen LogP contribution in [0.4, 0.5) is 5.69 Å². The lowest BCUT2D eigenvalue weighted by molar-refractivity contribution is 0.360. The Kier molecular flexibility index (Phi) is 3.60. The van der Waals surface area contributed by atoms with Crippen LogP contribution in [0.2, 0.25) is 0 Å². The van der Waals surface area contributed by atoms with Gasteiger partial charge in [-0.15, -0.1) is 0 Å². The second-order valence-electron chi connectivity index (χ2n) is 5.59. The van der Waals surface area contributed by atoms with Crippen LogP contribution in [0.15, 0.2) is 47.0 Å². The SMILES string of the molecule is CC(C)c1nc(CN(C)c2ccc3ccccc3c2)no1. The highest BCUT2D eigenvalue weighted by Gasteiger charge is 2.12. The van der Waals surface area contributed by atoms with Crippen molar-refractivity contribution in [2.45, 2.75) is 26.3 Å². The van der Waals surface area contributed by atoms with Crippen molar-refractivity contribution in [2.75, 3.05) is 11.9 Å². The van der Waals surface area contributed by atoms with E-state index in [1.165, 1.54) is 10.8 Å². The molecule has 4 nitrogen and oxygen atoms in total. The van der Waals surface area contributed by atoms with Crippen LogP contribution in [-0.4, -0.2) is 17.2 Å². The first kappa shape index (κ1) is 13.6. The fourth-order valence-electron chi connectivity index (χ4n) is 2.28. The van der Waals surface area contributed by atoms with Crippen molar-refractivity contribution in [3.05, 3.63) is 54.2 Å². The normalized spacial score (nSPS) is 11.2. The summed E-state index contributed by atoms with van der Waals surface area (Å²) in [5.74, 6) is 1.67. The van der Waals surface area contributed by atoms with Crippen LogP contribution in [0.5, 0.6) is 0 Å². The van der Waals surface area contributed by atoms with Gasteiger partial charge in [-0.25, -0.2) is 0 Å². The first-order valence-corrected chi connectivity index (χ1v) is 7.16. The van der Waals surface area contributed by atoms with E-state index >= 15 is 0 Å². The van der Waals surface area contributed by atoms with Crippen molar-refractivity contribution >= 4 is 16.5 Å². The molecule has 0 saturated carbocycles. The molecular formula is C17H19N3O. The monoisotopic (exact) mass is 281 g/mol. The lowest BCUT2D eigenvalue weighted by Crippen LogP contribution is -2.17. The summed E-state index contributed by atoms with van der Waals surface area (Å²) in [6.07, 6.45) is 0. The number of fused-ring (bicyclic) bond motifs is 1. The van der Waals surface area contributed by atoms with Crippen molar-refractivity contribution in [1.82, 2.24) is 10.1 Å². The minimum absolute atomic E-state index is 0.261.